The number of carbonyl (C=O) groups excluding carboxylic acids is 1. The maximum Gasteiger partial charge on any atom is 0.317 e. The average molecular weight is 283 g/mol. The van der Waals surface area contributed by atoms with Gasteiger partial charge >= 0.3 is 12.0 Å². The molecule has 0 bridgehead atoms. The number of piperazine rings is 1. The van der Waals surface area contributed by atoms with Crippen LogP contribution in [0.5, 0.6) is 0 Å². The number of nitrogens with zero attached hydrogens (tertiary/aromatic N) is 2. The zero-order valence-electron chi connectivity index (χ0n) is 12.2. The van der Waals surface area contributed by atoms with Gasteiger partial charge in [0.05, 0.1) is 6.54 Å². The number of urea groups is 1. The third kappa shape index (κ3) is 4.10. The van der Waals surface area contributed by atoms with E-state index in [4.69, 9.17) is 5.11 Å². The molecule has 0 atom stereocenters. The van der Waals surface area contributed by atoms with Crippen LogP contribution in [0.3, 0.4) is 0 Å². The third-order valence-corrected chi connectivity index (χ3v) is 4.50. The summed E-state index contributed by atoms with van der Waals surface area (Å²) in [6.45, 7) is 5.54. The van der Waals surface area contributed by atoms with E-state index in [1.807, 2.05) is 4.90 Å². The lowest BCUT2D eigenvalue weighted by Crippen LogP contribution is -2.53. The number of rotatable bonds is 4. The highest BCUT2D eigenvalue weighted by atomic mass is 16.4. The van der Waals surface area contributed by atoms with E-state index in [0.717, 1.165) is 6.54 Å². The van der Waals surface area contributed by atoms with Crippen LogP contribution >= 0.6 is 0 Å². The molecule has 0 aromatic carbocycles. The minimum absolute atomic E-state index is 0.00639. The number of nitrogens with one attached hydrogen (secondary N) is 1. The smallest absolute Gasteiger partial charge is 0.317 e. The molecule has 6 heteroatoms. The Morgan fingerprint density at radius 3 is 2.30 bits per heavy atom. The average Bonchev–Trinajstić information content (AvgIpc) is 2.84. The highest BCUT2D eigenvalue weighted by molar-refractivity contribution is 5.74. The zero-order chi connectivity index (χ0) is 14.6. The molecule has 1 saturated heterocycles. The van der Waals surface area contributed by atoms with Crippen molar-refractivity contribution in [2.75, 3.05) is 39.3 Å². The molecular weight excluding hydrogens is 258 g/mol. The minimum atomic E-state index is -0.808. The summed E-state index contributed by atoms with van der Waals surface area (Å²) in [5, 5.41) is 11.8. The van der Waals surface area contributed by atoms with Crippen molar-refractivity contribution < 1.29 is 14.7 Å². The van der Waals surface area contributed by atoms with E-state index in [2.05, 4.69) is 12.2 Å². The Morgan fingerprint density at radius 1 is 1.15 bits per heavy atom. The second-order valence-corrected chi connectivity index (χ2v) is 6.33. The quantitative estimate of drug-likeness (QED) is 0.806. The molecule has 1 heterocycles. The molecule has 6 nitrogen and oxygen atoms in total. The topological polar surface area (TPSA) is 72.9 Å². The highest BCUT2D eigenvalue weighted by Crippen LogP contribution is 2.36. The first-order valence-electron chi connectivity index (χ1n) is 7.45. The summed E-state index contributed by atoms with van der Waals surface area (Å²) in [6.07, 6.45) is 4.92. The largest absolute Gasteiger partial charge is 0.480 e. The molecule has 0 unspecified atom stereocenters. The van der Waals surface area contributed by atoms with Gasteiger partial charge in [0.15, 0.2) is 0 Å². The molecule has 0 aromatic rings. The maximum atomic E-state index is 12.1. The van der Waals surface area contributed by atoms with E-state index in [-0.39, 0.29) is 18.0 Å². The lowest BCUT2D eigenvalue weighted by molar-refractivity contribution is -0.138. The van der Waals surface area contributed by atoms with Gasteiger partial charge in [0.25, 0.3) is 0 Å². The van der Waals surface area contributed by atoms with Crippen molar-refractivity contribution >= 4 is 12.0 Å². The summed E-state index contributed by atoms with van der Waals surface area (Å²) in [5.74, 6) is -0.808. The standard InChI is InChI=1S/C14H25N3O3/c1-14(4-2-3-5-14)11-15-13(20)17-8-6-16(7-9-17)10-12(18)19/h2-11H2,1H3,(H,15,20)(H,18,19). The fourth-order valence-corrected chi connectivity index (χ4v) is 3.11. The lowest BCUT2D eigenvalue weighted by atomic mass is 9.89. The van der Waals surface area contributed by atoms with E-state index >= 15 is 0 Å². The molecular formula is C14H25N3O3. The maximum absolute atomic E-state index is 12.1. The van der Waals surface area contributed by atoms with Crippen molar-refractivity contribution in [1.29, 1.82) is 0 Å². The Hall–Kier alpha value is -1.30. The first kappa shape index (κ1) is 15.1. The SMILES string of the molecule is CC1(CNC(=O)N2CCN(CC(=O)O)CC2)CCCC1. The van der Waals surface area contributed by atoms with Crippen LogP contribution in [0.1, 0.15) is 32.6 Å². The molecule has 2 fully saturated rings. The number of carboxylic acid groups (broad SMARTS) is 1. The number of amides is 2. The van der Waals surface area contributed by atoms with E-state index in [0.29, 0.717) is 26.2 Å². The summed E-state index contributed by atoms with van der Waals surface area (Å²) >= 11 is 0. The van der Waals surface area contributed by atoms with Gasteiger partial charge in [0.1, 0.15) is 0 Å². The molecule has 1 aliphatic carbocycles. The van der Waals surface area contributed by atoms with Gasteiger partial charge in [0, 0.05) is 32.7 Å². The van der Waals surface area contributed by atoms with Crippen molar-refractivity contribution in [2.24, 2.45) is 5.41 Å². The molecule has 0 radical (unpaired) electrons. The molecule has 2 aliphatic rings. The molecule has 0 spiro atoms. The number of hydrogen-bond donors (Lipinski definition) is 2. The minimum Gasteiger partial charge on any atom is -0.480 e. The Labute approximate surface area is 120 Å². The summed E-state index contributed by atoms with van der Waals surface area (Å²) < 4.78 is 0. The van der Waals surface area contributed by atoms with Crippen LogP contribution in [0.25, 0.3) is 0 Å². The predicted molar refractivity (Wildman–Crippen MR) is 75.6 cm³/mol. The van der Waals surface area contributed by atoms with Crippen LogP contribution < -0.4 is 5.32 Å². The van der Waals surface area contributed by atoms with Crippen LogP contribution in [0.2, 0.25) is 0 Å². The monoisotopic (exact) mass is 283 g/mol. The van der Waals surface area contributed by atoms with Gasteiger partial charge in [-0.05, 0) is 18.3 Å². The molecule has 2 N–H and O–H groups in total. The van der Waals surface area contributed by atoms with Gasteiger partial charge in [-0.3, -0.25) is 9.69 Å². The van der Waals surface area contributed by atoms with Gasteiger partial charge in [-0.1, -0.05) is 19.8 Å². The van der Waals surface area contributed by atoms with Crippen molar-refractivity contribution in [1.82, 2.24) is 15.1 Å². The number of carbonyl (C=O) groups is 2. The van der Waals surface area contributed by atoms with E-state index in [1.54, 1.807) is 4.90 Å². The van der Waals surface area contributed by atoms with Crippen LogP contribution in [0, 0.1) is 5.41 Å². The molecule has 2 rings (SSSR count). The Morgan fingerprint density at radius 2 is 1.75 bits per heavy atom. The van der Waals surface area contributed by atoms with E-state index in [9.17, 15) is 9.59 Å². The molecule has 2 amide bonds. The Kier molecular flexibility index (Phi) is 4.86. The number of carboxylic acids is 1. The van der Waals surface area contributed by atoms with Crippen molar-refractivity contribution in [3.05, 3.63) is 0 Å². The second kappa shape index (κ2) is 6.43. The summed E-state index contributed by atoms with van der Waals surface area (Å²) in [4.78, 5) is 26.4. The van der Waals surface area contributed by atoms with Crippen LogP contribution in [0.4, 0.5) is 4.79 Å². The van der Waals surface area contributed by atoms with Crippen LogP contribution in [-0.4, -0.2) is 66.2 Å². The second-order valence-electron chi connectivity index (χ2n) is 6.33. The van der Waals surface area contributed by atoms with Gasteiger partial charge in [-0.15, -0.1) is 0 Å². The van der Waals surface area contributed by atoms with E-state index < -0.39 is 5.97 Å². The fraction of sp³-hybridized carbons (Fsp3) is 0.857. The first-order chi connectivity index (χ1) is 9.48. The predicted octanol–water partition coefficient (Wildman–Crippen LogP) is 0.979. The third-order valence-electron chi connectivity index (χ3n) is 4.50. The fourth-order valence-electron chi connectivity index (χ4n) is 3.11. The van der Waals surface area contributed by atoms with E-state index in [1.165, 1.54) is 25.7 Å². The zero-order valence-corrected chi connectivity index (χ0v) is 12.2. The molecule has 114 valence electrons. The summed E-state index contributed by atoms with van der Waals surface area (Å²) in [5.41, 5.74) is 0.265. The molecule has 1 aliphatic heterocycles. The molecule has 0 aromatic heterocycles. The number of aliphatic carboxylic acids is 1. The van der Waals surface area contributed by atoms with Gasteiger partial charge < -0.3 is 15.3 Å². The lowest BCUT2D eigenvalue weighted by Gasteiger charge is -2.34. The number of hydrogen-bond acceptors (Lipinski definition) is 3. The highest BCUT2D eigenvalue weighted by Gasteiger charge is 2.30. The Bertz CT molecular complexity index is 359. The molecule has 1 saturated carbocycles. The summed E-state index contributed by atoms with van der Waals surface area (Å²) in [6, 6.07) is -0.00639. The van der Waals surface area contributed by atoms with Crippen molar-refractivity contribution in [3.8, 4) is 0 Å². The van der Waals surface area contributed by atoms with Gasteiger partial charge in [-0.25, -0.2) is 4.79 Å². The summed E-state index contributed by atoms with van der Waals surface area (Å²) in [7, 11) is 0. The van der Waals surface area contributed by atoms with Crippen molar-refractivity contribution in [2.45, 2.75) is 32.6 Å². The van der Waals surface area contributed by atoms with Crippen LogP contribution in [-0.2, 0) is 4.79 Å². The molecule has 20 heavy (non-hydrogen) atoms. The van der Waals surface area contributed by atoms with Crippen molar-refractivity contribution in [3.63, 3.8) is 0 Å². The Balaban J connectivity index is 1.70. The van der Waals surface area contributed by atoms with Crippen LogP contribution in [0.15, 0.2) is 0 Å². The van der Waals surface area contributed by atoms with Gasteiger partial charge in [-0.2, -0.15) is 0 Å². The normalized spacial score (nSPS) is 22.8. The van der Waals surface area contributed by atoms with Gasteiger partial charge in [0.2, 0.25) is 0 Å². The first-order valence-corrected chi connectivity index (χ1v) is 7.45.